The van der Waals surface area contributed by atoms with Crippen LogP contribution in [0.5, 0.6) is 0 Å². The zero-order valence-corrected chi connectivity index (χ0v) is 16.1. The summed E-state index contributed by atoms with van der Waals surface area (Å²) in [5.74, 6) is 0.0540. The molecule has 2 aliphatic heterocycles. The first-order valence-electron chi connectivity index (χ1n) is 8.20. The molecule has 3 N–H and O–H groups in total. The number of halogens is 1. The molecule has 140 valence electrons. The van der Waals surface area contributed by atoms with Gasteiger partial charge in [-0.2, -0.15) is 0 Å². The highest BCUT2D eigenvalue weighted by Crippen LogP contribution is 2.33. The Bertz CT molecular complexity index is 756. The molecule has 1 aromatic rings. The van der Waals surface area contributed by atoms with Crippen molar-refractivity contribution in [3.63, 3.8) is 0 Å². The van der Waals surface area contributed by atoms with Gasteiger partial charge in [0.1, 0.15) is 0 Å². The Morgan fingerprint density at radius 2 is 2.04 bits per heavy atom. The van der Waals surface area contributed by atoms with E-state index < -0.39 is 10.0 Å². The van der Waals surface area contributed by atoms with Crippen molar-refractivity contribution in [3.05, 3.63) is 23.8 Å². The van der Waals surface area contributed by atoms with Crippen molar-refractivity contribution in [1.29, 1.82) is 0 Å². The molecule has 0 spiro atoms. The summed E-state index contributed by atoms with van der Waals surface area (Å²) in [6.07, 6.45) is 0.640. The number of benzene rings is 1. The first-order valence-corrected chi connectivity index (χ1v) is 9.74. The van der Waals surface area contributed by atoms with Crippen molar-refractivity contribution in [1.82, 2.24) is 10.2 Å². The summed E-state index contributed by atoms with van der Waals surface area (Å²) in [5, 5.41) is 8.51. The summed E-state index contributed by atoms with van der Waals surface area (Å²) in [5.41, 5.74) is 1.65. The van der Waals surface area contributed by atoms with Crippen molar-refractivity contribution >= 4 is 34.0 Å². The van der Waals surface area contributed by atoms with Crippen LogP contribution in [0.2, 0.25) is 0 Å². The molecule has 0 radical (unpaired) electrons. The maximum atomic E-state index is 12.8. The second-order valence-electron chi connectivity index (χ2n) is 6.68. The minimum Gasteiger partial charge on any atom is -0.314 e. The number of nitrogens with two attached hydrogens (primary N) is 1. The van der Waals surface area contributed by atoms with Crippen LogP contribution < -0.4 is 15.4 Å². The highest BCUT2D eigenvalue weighted by atomic mass is 35.5. The first-order chi connectivity index (χ1) is 11.3. The summed E-state index contributed by atoms with van der Waals surface area (Å²) in [7, 11) is -3.73. The predicted octanol–water partition coefficient (Wildman–Crippen LogP) is 0.327. The van der Waals surface area contributed by atoms with Gasteiger partial charge < -0.3 is 10.2 Å². The second-order valence-corrected chi connectivity index (χ2v) is 8.24. The first kappa shape index (κ1) is 20.1. The van der Waals surface area contributed by atoms with Crippen molar-refractivity contribution in [2.45, 2.75) is 37.2 Å². The fraction of sp³-hybridized carbons (Fsp3) is 0.562. The van der Waals surface area contributed by atoms with Crippen LogP contribution in [0.15, 0.2) is 23.1 Å². The third kappa shape index (κ3) is 4.15. The highest BCUT2D eigenvalue weighted by Gasteiger charge is 2.33. The van der Waals surface area contributed by atoms with Gasteiger partial charge in [0.15, 0.2) is 0 Å². The molecule has 0 aromatic heterocycles. The molecule has 9 heteroatoms. The van der Waals surface area contributed by atoms with E-state index in [1.54, 1.807) is 17.0 Å². The molecule has 25 heavy (non-hydrogen) atoms. The van der Waals surface area contributed by atoms with E-state index in [1.807, 2.05) is 6.92 Å². The number of carbonyl (C=O) groups is 1. The number of rotatable bonds is 3. The summed E-state index contributed by atoms with van der Waals surface area (Å²) in [4.78, 5) is 16.9. The Morgan fingerprint density at radius 1 is 1.32 bits per heavy atom. The molecule has 1 unspecified atom stereocenters. The van der Waals surface area contributed by atoms with Crippen LogP contribution in [0.25, 0.3) is 0 Å². The lowest BCUT2D eigenvalue weighted by molar-refractivity contribution is -0.120. The van der Waals surface area contributed by atoms with Gasteiger partial charge in [0, 0.05) is 37.4 Å². The topological polar surface area (TPSA) is 95.7 Å². The van der Waals surface area contributed by atoms with Gasteiger partial charge in [-0.15, -0.1) is 12.4 Å². The largest absolute Gasteiger partial charge is 0.314 e. The van der Waals surface area contributed by atoms with E-state index >= 15 is 0 Å². The van der Waals surface area contributed by atoms with Gasteiger partial charge in [-0.3, -0.25) is 9.69 Å². The Kier molecular flexibility index (Phi) is 6.11. The number of piperazine rings is 1. The number of primary sulfonamides is 1. The summed E-state index contributed by atoms with van der Waals surface area (Å²) >= 11 is 0. The van der Waals surface area contributed by atoms with Crippen molar-refractivity contribution < 1.29 is 13.2 Å². The van der Waals surface area contributed by atoms with E-state index in [0.29, 0.717) is 19.0 Å². The van der Waals surface area contributed by atoms with Crippen LogP contribution in [-0.2, 0) is 21.2 Å². The van der Waals surface area contributed by atoms with Gasteiger partial charge >= 0.3 is 0 Å². The van der Waals surface area contributed by atoms with Crippen LogP contribution in [-0.4, -0.2) is 57.5 Å². The Balaban J connectivity index is 0.00000225. The van der Waals surface area contributed by atoms with E-state index in [0.717, 1.165) is 30.9 Å². The fourth-order valence-electron chi connectivity index (χ4n) is 3.53. The molecule has 2 aliphatic rings. The van der Waals surface area contributed by atoms with Crippen LogP contribution in [0.3, 0.4) is 0 Å². The van der Waals surface area contributed by atoms with E-state index in [-0.39, 0.29) is 29.3 Å². The Hall–Kier alpha value is -1.19. The fourth-order valence-corrected chi connectivity index (χ4v) is 4.10. The minimum absolute atomic E-state index is 0. The minimum atomic E-state index is -3.73. The maximum absolute atomic E-state index is 12.8. The normalized spacial score (nSPS) is 23.9. The van der Waals surface area contributed by atoms with E-state index in [9.17, 15) is 13.2 Å². The second kappa shape index (κ2) is 7.59. The van der Waals surface area contributed by atoms with Gasteiger partial charge in [0.05, 0.1) is 11.4 Å². The molecule has 2 heterocycles. The summed E-state index contributed by atoms with van der Waals surface area (Å²) < 4.78 is 23.0. The number of amides is 1. The van der Waals surface area contributed by atoms with E-state index in [2.05, 4.69) is 17.1 Å². The quantitative estimate of drug-likeness (QED) is 0.777. The third-order valence-electron chi connectivity index (χ3n) is 4.84. The number of anilines is 1. The van der Waals surface area contributed by atoms with Crippen LogP contribution >= 0.6 is 12.4 Å². The number of hydrogen-bond donors (Lipinski definition) is 2. The molecular weight excluding hydrogens is 364 g/mol. The molecule has 0 saturated carbocycles. The highest BCUT2D eigenvalue weighted by molar-refractivity contribution is 7.89. The molecule has 1 amide bonds. The third-order valence-corrected chi connectivity index (χ3v) is 5.75. The zero-order chi connectivity index (χ0) is 17.5. The zero-order valence-electron chi connectivity index (χ0n) is 14.4. The molecule has 1 fully saturated rings. The van der Waals surface area contributed by atoms with Crippen molar-refractivity contribution in [3.8, 4) is 0 Å². The van der Waals surface area contributed by atoms with Crippen LogP contribution in [0.4, 0.5) is 5.69 Å². The SMILES string of the molecule is CC1Cc2cc(S(N)(=O)=O)ccc2N1C(=O)CN1CCNC[C@@H]1C.Cl. The number of carbonyl (C=O) groups excluding carboxylic acids is 1. The summed E-state index contributed by atoms with van der Waals surface area (Å²) in [6, 6.07) is 5.09. The number of nitrogens with one attached hydrogen (secondary N) is 1. The van der Waals surface area contributed by atoms with Gasteiger partial charge in [0.2, 0.25) is 15.9 Å². The van der Waals surface area contributed by atoms with Gasteiger partial charge in [0.25, 0.3) is 0 Å². The molecule has 1 aromatic carbocycles. The number of sulfonamides is 1. The molecular formula is C16H25ClN4O3S. The average Bonchev–Trinajstić information content (AvgIpc) is 2.83. The monoisotopic (exact) mass is 388 g/mol. The molecule has 3 rings (SSSR count). The van der Waals surface area contributed by atoms with Crippen molar-refractivity contribution in [2.24, 2.45) is 5.14 Å². The van der Waals surface area contributed by atoms with Crippen molar-refractivity contribution in [2.75, 3.05) is 31.1 Å². The maximum Gasteiger partial charge on any atom is 0.241 e. The van der Waals surface area contributed by atoms with Gasteiger partial charge in [-0.05, 0) is 44.0 Å². The Labute approximate surface area is 155 Å². The van der Waals surface area contributed by atoms with E-state index in [4.69, 9.17) is 5.14 Å². The van der Waals surface area contributed by atoms with Crippen LogP contribution in [0.1, 0.15) is 19.4 Å². The smallest absolute Gasteiger partial charge is 0.241 e. The predicted molar refractivity (Wildman–Crippen MR) is 99.6 cm³/mol. The summed E-state index contributed by atoms with van der Waals surface area (Å²) in [6.45, 7) is 7.10. The lowest BCUT2D eigenvalue weighted by Crippen LogP contribution is -2.53. The number of nitrogens with zero attached hydrogens (tertiary/aromatic N) is 2. The lowest BCUT2D eigenvalue weighted by Gasteiger charge is -2.35. The number of fused-ring (bicyclic) bond motifs is 1. The molecule has 0 bridgehead atoms. The molecule has 2 atom stereocenters. The van der Waals surface area contributed by atoms with Crippen LogP contribution in [0, 0.1) is 0 Å². The lowest BCUT2D eigenvalue weighted by atomic mass is 10.1. The Morgan fingerprint density at radius 3 is 2.68 bits per heavy atom. The van der Waals surface area contributed by atoms with E-state index in [1.165, 1.54) is 6.07 Å². The van der Waals surface area contributed by atoms with Gasteiger partial charge in [-0.1, -0.05) is 0 Å². The molecule has 1 saturated heterocycles. The number of hydrogen-bond acceptors (Lipinski definition) is 5. The standard InChI is InChI=1S/C16H24N4O3S.ClH/c1-11-7-13-8-14(24(17,22)23)3-4-15(13)20(11)16(21)10-19-6-5-18-9-12(19)2;/h3-4,8,11-12,18H,5-7,9-10H2,1-2H3,(H2,17,22,23);1H/t11?,12-;/m0./s1. The average molecular weight is 389 g/mol. The molecule has 7 nitrogen and oxygen atoms in total. The van der Waals surface area contributed by atoms with Gasteiger partial charge in [-0.25, -0.2) is 13.6 Å². The molecule has 0 aliphatic carbocycles.